The Hall–Kier alpha value is -2.58. The fraction of sp³-hybridized carbons (Fsp3) is 0.0625. The SMILES string of the molecule is O=[N+]([O-])c1ccccc1C1=NCc2nnc(Br)n2-c2ccc(Cl)cc21. The molecule has 25 heavy (non-hydrogen) atoms. The minimum absolute atomic E-state index is 0.0103. The lowest BCUT2D eigenvalue weighted by molar-refractivity contribution is -0.385. The second kappa shape index (κ2) is 6.05. The van der Waals surface area contributed by atoms with Gasteiger partial charge in [-0.25, -0.2) is 0 Å². The summed E-state index contributed by atoms with van der Waals surface area (Å²) in [6.07, 6.45) is 0. The molecule has 0 atom stereocenters. The molecule has 1 aliphatic heterocycles. The van der Waals surface area contributed by atoms with E-state index in [9.17, 15) is 10.1 Å². The van der Waals surface area contributed by atoms with Crippen molar-refractivity contribution in [1.29, 1.82) is 0 Å². The van der Waals surface area contributed by atoms with Crippen molar-refractivity contribution in [3.8, 4) is 5.69 Å². The number of halogens is 2. The molecule has 9 heteroatoms. The summed E-state index contributed by atoms with van der Waals surface area (Å²) in [5.74, 6) is 0.629. The van der Waals surface area contributed by atoms with Crippen LogP contribution in [0.25, 0.3) is 5.69 Å². The zero-order valence-corrected chi connectivity index (χ0v) is 14.9. The maximum atomic E-state index is 11.4. The van der Waals surface area contributed by atoms with Gasteiger partial charge in [0.1, 0.15) is 6.54 Å². The van der Waals surface area contributed by atoms with Crippen molar-refractivity contribution >= 4 is 38.9 Å². The van der Waals surface area contributed by atoms with Gasteiger partial charge in [-0.15, -0.1) is 10.2 Å². The van der Waals surface area contributed by atoms with E-state index in [1.807, 2.05) is 10.6 Å². The number of para-hydroxylation sites is 1. The molecule has 3 aromatic rings. The minimum atomic E-state index is -0.414. The van der Waals surface area contributed by atoms with E-state index in [1.165, 1.54) is 6.07 Å². The van der Waals surface area contributed by atoms with Gasteiger partial charge in [-0.1, -0.05) is 23.7 Å². The number of aromatic nitrogens is 3. The zero-order valence-electron chi connectivity index (χ0n) is 12.6. The maximum Gasteiger partial charge on any atom is 0.278 e. The van der Waals surface area contributed by atoms with Crippen LogP contribution in [0.15, 0.2) is 52.2 Å². The lowest BCUT2D eigenvalue weighted by Gasteiger charge is -2.12. The first kappa shape index (κ1) is 15.9. The summed E-state index contributed by atoms with van der Waals surface area (Å²) in [5, 5.41) is 20.1. The molecule has 0 unspecified atom stereocenters. The Balaban J connectivity index is 2.02. The van der Waals surface area contributed by atoms with Crippen LogP contribution < -0.4 is 0 Å². The van der Waals surface area contributed by atoms with Gasteiger partial charge >= 0.3 is 0 Å². The van der Waals surface area contributed by atoms with Gasteiger partial charge in [0.2, 0.25) is 4.73 Å². The number of aliphatic imine (C=N–C) groups is 1. The average molecular weight is 419 g/mol. The Morgan fingerprint density at radius 1 is 1.16 bits per heavy atom. The highest BCUT2D eigenvalue weighted by Crippen LogP contribution is 2.31. The number of nitro groups is 1. The largest absolute Gasteiger partial charge is 0.278 e. The summed E-state index contributed by atoms with van der Waals surface area (Å²) in [7, 11) is 0. The predicted molar refractivity (Wildman–Crippen MR) is 96.5 cm³/mol. The first-order valence-electron chi connectivity index (χ1n) is 7.24. The molecule has 7 nitrogen and oxygen atoms in total. The number of rotatable bonds is 2. The van der Waals surface area contributed by atoms with Gasteiger partial charge in [-0.2, -0.15) is 0 Å². The van der Waals surface area contributed by atoms with Crippen LogP contribution in [0.5, 0.6) is 0 Å². The Kier molecular flexibility index (Phi) is 3.85. The number of nitrogens with zero attached hydrogens (tertiary/aromatic N) is 5. The fourth-order valence-electron chi connectivity index (χ4n) is 2.83. The molecule has 0 aliphatic carbocycles. The molecule has 0 N–H and O–H groups in total. The van der Waals surface area contributed by atoms with Crippen LogP contribution in [0.4, 0.5) is 5.69 Å². The van der Waals surface area contributed by atoms with E-state index in [4.69, 9.17) is 11.6 Å². The predicted octanol–water partition coefficient (Wildman–Crippen LogP) is 3.94. The van der Waals surface area contributed by atoms with Crippen molar-refractivity contribution in [2.75, 3.05) is 0 Å². The van der Waals surface area contributed by atoms with Crippen molar-refractivity contribution in [2.24, 2.45) is 4.99 Å². The highest BCUT2D eigenvalue weighted by atomic mass is 79.9. The van der Waals surface area contributed by atoms with E-state index in [0.717, 1.165) is 5.69 Å². The normalized spacial score (nSPS) is 12.8. The molecule has 2 heterocycles. The first-order chi connectivity index (χ1) is 12.1. The fourth-order valence-corrected chi connectivity index (χ4v) is 3.47. The maximum absolute atomic E-state index is 11.4. The van der Waals surface area contributed by atoms with Crippen molar-refractivity contribution in [3.63, 3.8) is 0 Å². The molecule has 2 aromatic carbocycles. The van der Waals surface area contributed by atoms with Crippen LogP contribution in [0.3, 0.4) is 0 Å². The number of benzene rings is 2. The Bertz CT molecular complexity index is 1050. The van der Waals surface area contributed by atoms with Gasteiger partial charge in [0.15, 0.2) is 5.82 Å². The van der Waals surface area contributed by atoms with E-state index in [1.54, 1.807) is 30.3 Å². The lowest BCUT2D eigenvalue weighted by atomic mass is 9.99. The second-order valence-electron chi connectivity index (χ2n) is 5.32. The number of nitro benzene ring substituents is 1. The summed E-state index contributed by atoms with van der Waals surface area (Å²) >= 11 is 9.57. The topological polar surface area (TPSA) is 86.2 Å². The molecule has 124 valence electrons. The third kappa shape index (κ3) is 2.63. The standard InChI is InChI=1S/C16H9BrClN5O2/c17-16-21-20-14-8-19-15(10-3-1-2-4-13(10)23(24)25)11-7-9(18)5-6-12(11)22(14)16/h1-7H,8H2. The van der Waals surface area contributed by atoms with E-state index in [2.05, 4.69) is 31.1 Å². The van der Waals surface area contributed by atoms with Crippen LogP contribution in [-0.4, -0.2) is 25.4 Å². The third-order valence-corrected chi connectivity index (χ3v) is 4.63. The summed E-state index contributed by atoms with van der Waals surface area (Å²) < 4.78 is 2.35. The third-order valence-electron chi connectivity index (χ3n) is 3.88. The van der Waals surface area contributed by atoms with Gasteiger partial charge < -0.3 is 0 Å². The molecule has 1 aromatic heterocycles. The highest BCUT2D eigenvalue weighted by Gasteiger charge is 2.26. The van der Waals surface area contributed by atoms with Gasteiger partial charge in [-0.05, 0) is 40.2 Å². The molecule has 1 aliphatic rings. The molecule has 0 fully saturated rings. The van der Waals surface area contributed by atoms with Crippen LogP contribution in [0.2, 0.25) is 5.02 Å². The molecular formula is C16H9BrClN5O2. The Morgan fingerprint density at radius 3 is 2.76 bits per heavy atom. The molecule has 4 rings (SSSR count). The average Bonchev–Trinajstić information content (AvgIpc) is 2.88. The molecule has 0 radical (unpaired) electrons. The number of fused-ring (bicyclic) bond motifs is 3. The van der Waals surface area contributed by atoms with Gasteiger partial charge in [0.05, 0.1) is 21.9 Å². The highest BCUT2D eigenvalue weighted by molar-refractivity contribution is 9.10. The summed E-state index contributed by atoms with van der Waals surface area (Å²) in [6, 6.07) is 11.8. The molecular weight excluding hydrogens is 410 g/mol. The Morgan fingerprint density at radius 2 is 1.96 bits per heavy atom. The van der Waals surface area contributed by atoms with Crippen LogP contribution >= 0.6 is 27.5 Å². The van der Waals surface area contributed by atoms with Crippen LogP contribution in [-0.2, 0) is 6.54 Å². The van der Waals surface area contributed by atoms with Gasteiger partial charge in [0.25, 0.3) is 5.69 Å². The minimum Gasteiger partial charge on any atom is -0.276 e. The second-order valence-corrected chi connectivity index (χ2v) is 6.47. The summed E-state index contributed by atoms with van der Waals surface area (Å²) in [6.45, 7) is 0.242. The number of hydrogen-bond acceptors (Lipinski definition) is 5. The summed E-state index contributed by atoms with van der Waals surface area (Å²) in [4.78, 5) is 15.6. The molecule has 0 bridgehead atoms. The molecule has 0 saturated carbocycles. The molecule has 0 saturated heterocycles. The van der Waals surface area contributed by atoms with Crippen molar-refractivity contribution in [3.05, 3.63) is 79.3 Å². The Labute approximate surface area is 155 Å². The zero-order chi connectivity index (χ0) is 17.6. The van der Waals surface area contributed by atoms with E-state index < -0.39 is 4.92 Å². The number of hydrogen-bond donors (Lipinski definition) is 0. The molecule has 0 spiro atoms. The summed E-state index contributed by atoms with van der Waals surface area (Å²) in [5.41, 5.74) is 2.36. The van der Waals surface area contributed by atoms with Crippen molar-refractivity contribution in [2.45, 2.75) is 6.54 Å². The van der Waals surface area contributed by atoms with E-state index >= 15 is 0 Å². The first-order valence-corrected chi connectivity index (χ1v) is 8.41. The molecule has 0 amide bonds. The quantitative estimate of drug-likeness (QED) is 0.466. The van der Waals surface area contributed by atoms with Crippen molar-refractivity contribution in [1.82, 2.24) is 14.8 Å². The van der Waals surface area contributed by atoms with E-state index in [0.29, 0.717) is 32.4 Å². The smallest absolute Gasteiger partial charge is 0.276 e. The monoisotopic (exact) mass is 417 g/mol. The lowest BCUT2D eigenvalue weighted by Crippen LogP contribution is -2.09. The van der Waals surface area contributed by atoms with Crippen molar-refractivity contribution < 1.29 is 4.92 Å². The van der Waals surface area contributed by atoms with Crippen LogP contribution in [0.1, 0.15) is 17.0 Å². The van der Waals surface area contributed by atoms with E-state index in [-0.39, 0.29) is 12.2 Å². The van der Waals surface area contributed by atoms with Gasteiger partial charge in [-0.3, -0.25) is 19.7 Å². The van der Waals surface area contributed by atoms with Crippen LogP contribution in [0, 0.1) is 10.1 Å². The van der Waals surface area contributed by atoms with Gasteiger partial charge in [0, 0.05) is 16.7 Å².